The van der Waals surface area contributed by atoms with Gasteiger partial charge in [-0.05, 0) is 54.4 Å². The Morgan fingerprint density at radius 2 is 1.76 bits per heavy atom. The first-order valence-corrected chi connectivity index (χ1v) is 6.46. The van der Waals surface area contributed by atoms with Crippen molar-refractivity contribution in [1.82, 2.24) is 5.32 Å². The number of hydrogen-bond acceptors (Lipinski definition) is 2. The molecule has 2 rings (SSSR count). The number of carbonyl (C=O) groups excluding carboxylic acids is 1. The molecule has 0 fully saturated rings. The van der Waals surface area contributed by atoms with E-state index in [-0.39, 0.29) is 11.7 Å². The van der Waals surface area contributed by atoms with Gasteiger partial charge in [0.25, 0.3) is 5.91 Å². The second kappa shape index (κ2) is 6.83. The fourth-order valence-electron chi connectivity index (χ4n) is 1.96. The zero-order chi connectivity index (χ0) is 15.2. The maximum Gasteiger partial charge on any atom is 0.251 e. The molecule has 0 spiro atoms. The molecule has 0 aliphatic heterocycles. The van der Waals surface area contributed by atoms with Gasteiger partial charge < -0.3 is 10.1 Å². The first-order valence-electron chi connectivity index (χ1n) is 6.46. The Bertz CT molecular complexity index is 627. The highest BCUT2D eigenvalue weighted by atomic mass is 19.1. The van der Waals surface area contributed by atoms with Gasteiger partial charge >= 0.3 is 0 Å². The second-order valence-corrected chi connectivity index (χ2v) is 4.47. The highest BCUT2D eigenvalue weighted by molar-refractivity contribution is 5.94. The lowest BCUT2D eigenvalue weighted by Crippen LogP contribution is -2.25. The molecule has 1 amide bonds. The molecule has 2 aromatic carbocycles. The molecule has 0 heterocycles. The van der Waals surface area contributed by atoms with Crippen molar-refractivity contribution in [2.45, 2.75) is 6.42 Å². The van der Waals surface area contributed by atoms with Gasteiger partial charge in [0, 0.05) is 12.1 Å². The summed E-state index contributed by atoms with van der Waals surface area (Å²) < 4.78 is 31.1. The molecule has 0 aliphatic rings. The van der Waals surface area contributed by atoms with Crippen LogP contribution < -0.4 is 10.1 Å². The van der Waals surface area contributed by atoms with Gasteiger partial charge in [-0.2, -0.15) is 0 Å². The molecule has 0 bridgehead atoms. The number of rotatable bonds is 5. The smallest absolute Gasteiger partial charge is 0.251 e. The molecule has 2 aromatic rings. The van der Waals surface area contributed by atoms with E-state index in [9.17, 15) is 13.6 Å². The van der Waals surface area contributed by atoms with Gasteiger partial charge in [-0.3, -0.25) is 4.79 Å². The fraction of sp³-hybridized carbons (Fsp3) is 0.188. The van der Waals surface area contributed by atoms with Crippen LogP contribution in [0.5, 0.6) is 5.75 Å². The number of carbonyl (C=O) groups is 1. The summed E-state index contributed by atoms with van der Waals surface area (Å²) in [6.45, 7) is 0.329. The van der Waals surface area contributed by atoms with E-state index in [1.165, 1.54) is 43.5 Å². The third kappa shape index (κ3) is 4.02. The molecule has 0 atom stereocenters. The molecule has 3 nitrogen and oxygen atoms in total. The highest BCUT2D eigenvalue weighted by Crippen LogP contribution is 2.19. The van der Waals surface area contributed by atoms with Crippen molar-refractivity contribution in [2.75, 3.05) is 13.7 Å². The maximum atomic E-state index is 13.2. The van der Waals surface area contributed by atoms with E-state index in [4.69, 9.17) is 4.74 Å². The van der Waals surface area contributed by atoms with Gasteiger partial charge in [-0.1, -0.05) is 0 Å². The summed E-state index contributed by atoms with van der Waals surface area (Å²) in [5.41, 5.74) is 1.06. The Labute approximate surface area is 121 Å². The molecule has 110 valence electrons. The Morgan fingerprint density at radius 1 is 1.10 bits per heavy atom. The summed E-state index contributed by atoms with van der Waals surface area (Å²) >= 11 is 0. The van der Waals surface area contributed by atoms with E-state index >= 15 is 0 Å². The minimum absolute atomic E-state index is 0.301. The molecule has 0 saturated heterocycles. The largest absolute Gasteiger partial charge is 0.496 e. The topological polar surface area (TPSA) is 38.3 Å². The van der Waals surface area contributed by atoms with Crippen molar-refractivity contribution in [3.63, 3.8) is 0 Å². The van der Waals surface area contributed by atoms with Crippen LogP contribution in [-0.4, -0.2) is 19.6 Å². The van der Waals surface area contributed by atoms with Crippen LogP contribution in [0.2, 0.25) is 0 Å². The average Bonchev–Trinajstić information content (AvgIpc) is 2.48. The lowest BCUT2D eigenvalue weighted by atomic mass is 10.1. The van der Waals surface area contributed by atoms with E-state index in [2.05, 4.69) is 5.32 Å². The standard InChI is InChI=1S/C16H15F2NO2/c1-21-15-7-6-14(18)10-12(15)8-9-19-16(20)11-2-4-13(17)5-3-11/h2-7,10H,8-9H2,1H3,(H,19,20). The SMILES string of the molecule is COc1ccc(F)cc1CCNC(=O)c1ccc(F)cc1. The van der Waals surface area contributed by atoms with Crippen molar-refractivity contribution < 1.29 is 18.3 Å². The molecule has 0 aliphatic carbocycles. The number of benzene rings is 2. The maximum absolute atomic E-state index is 13.2. The predicted octanol–water partition coefficient (Wildman–Crippen LogP) is 2.95. The van der Waals surface area contributed by atoms with Crippen LogP contribution in [0.15, 0.2) is 42.5 Å². The summed E-state index contributed by atoms with van der Waals surface area (Å²) in [5.74, 6) is -0.468. The van der Waals surface area contributed by atoms with Crippen molar-refractivity contribution in [3.8, 4) is 5.75 Å². The van der Waals surface area contributed by atoms with Gasteiger partial charge in [0.1, 0.15) is 17.4 Å². The molecule has 1 N–H and O–H groups in total. The Balaban J connectivity index is 1.93. The number of ether oxygens (including phenoxy) is 1. The zero-order valence-corrected chi connectivity index (χ0v) is 11.5. The number of methoxy groups -OCH3 is 1. The lowest BCUT2D eigenvalue weighted by Gasteiger charge is -2.09. The number of nitrogens with one attached hydrogen (secondary N) is 1. The van der Waals surface area contributed by atoms with Crippen molar-refractivity contribution in [2.24, 2.45) is 0 Å². The van der Waals surface area contributed by atoms with E-state index in [1.54, 1.807) is 6.07 Å². The van der Waals surface area contributed by atoms with Crippen LogP contribution in [-0.2, 0) is 6.42 Å². The fourth-order valence-corrected chi connectivity index (χ4v) is 1.96. The van der Waals surface area contributed by atoms with Crippen molar-refractivity contribution in [1.29, 1.82) is 0 Å². The van der Waals surface area contributed by atoms with Gasteiger partial charge in [0.2, 0.25) is 0 Å². The summed E-state index contributed by atoms with van der Waals surface area (Å²) in [7, 11) is 1.51. The number of halogens is 2. The summed E-state index contributed by atoms with van der Waals surface area (Å²) in [5, 5.41) is 2.70. The second-order valence-electron chi connectivity index (χ2n) is 4.47. The Kier molecular flexibility index (Phi) is 4.87. The van der Waals surface area contributed by atoms with E-state index in [0.717, 1.165) is 0 Å². The van der Waals surface area contributed by atoms with Crippen molar-refractivity contribution in [3.05, 3.63) is 65.2 Å². The van der Waals surface area contributed by atoms with Crippen LogP contribution in [0.25, 0.3) is 0 Å². The first-order chi connectivity index (χ1) is 10.1. The van der Waals surface area contributed by atoms with Gasteiger partial charge in [0.15, 0.2) is 0 Å². The predicted molar refractivity (Wildman–Crippen MR) is 75.4 cm³/mol. The monoisotopic (exact) mass is 291 g/mol. The van der Waals surface area contributed by atoms with E-state index in [0.29, 0.717) is 29.8 Å². The molecular weight excluding hydrogens is 276 g/mol. The third-order valence-corrected chi connectivity index (χ3v) is 3.03. The molecular formula is C16H15F2NO2. The quantitative estimate of drug-likeness (QED) is 0.920. The zero-order valence-electron chi connectivity index (χ0n) is 11.5. The molecule has 5 heteroatoms. The van der Waals surface area contributed by atoms with Gasteiger partial charge in [0.05, 0.1) is 7.11 Å². The van der Waals surface area contributed by atoms with Crippen LogP contribution in [0.1, 0.15) is 15.9 Å². The van der Waals surface area contributed by atoms with Gasteiger partial charge in [-0.25, -0.2) is 8.78 Å². The Morgan fingerprint density at radius 3 is 2.43 bits per heavy atom. The van der Waals surface area contributed by atoms with Crippen molar-refractivity contribution >= 4 is 5.91 Å². The van der Waals surface area contributed by atoms with Crippen LogP contribution in [0, 0.1) is 11.6 Å². The average molecular weight is 291 g/mol. The summed E-state index contributed by atoms with van der Waals surface area (Å²) in [4.78, 5) is 11.8. The van der Waals surface area contributed by atoms with Gasteiger partial charge in [-0.15, -0.1) is 0 Å². The minimum atomic E-state index is -0.393. The Hall–Kier alpha value is -2.43. The number of hydrogen-bond donors (Lipinski definition) is 1. The van der Waals surface area contributed by atoms with Crippen LogP contribution in [0.3, 0.4) is 0 Å². The normalized spacial score (nSPS) is 10.2. The molecule has 21 heavy (non-hydrogen) atoms. The van der Waals surface area contributed by atoms with Crippen LogP contribution in [0.4, 0.5) is 8.78 Å². The first kappa shape index (κ1) is 15.0. The van der Waals surface area contributed by atoms with Crippen LogP contribution >= 0.6 is 0 Å². The highest BCUT2D eigenvalue weighted by Gasteiger charge is 2.07. The summed E-state index contributed by atoms with van der Waals surface area (Å²) in [6.07, 6.45) is 0.438. The summed E-state index contributed by atoms with van der Waals surface area (Å²) in [6, 6.07) is 9.52. The molecule has 0 unspecified atom stereocenters. The lowest BCUT2D eigenvalue weighted by molar-refractivity contribution is 0.0954. The number of amides is 1. The molecule has 0 radical (unpaired) electrons. The van der Waals surface area contributed by atoms with E-state index < -0.39 is 5.82 Å². The molecule has 0 saturated carbocycles. The minimum Gasteiger partial charge on any atom is -0.496 e. The molecule has 0 aromatic heterocycles. The van der Waals surface area contributed by atoms with E-state index in [1.807, 2.05) is 0 Å². The third-order valence-electron chi connectivity index (χ3n) is 3.03.